The maximum absolute atomic E-state index is 10.8. The van der Waals surface area contributed by atoms with Gasteiger partial charge in [-0.05, 0) is 29.3 Å². The van der Waals surface area contributed by atoms with Crippen molar-refractivity contribution in [2.75, 3.05) is 0 Å². The Morgan fingerprint density at radius 1 is 1.00 bits per heavy atom. The summed E-state index contributed by atoms with van der Waals surface area (Å²) in [7, 11) is 0. The van der Waals surface area contributed by atoms with Crippen LogP contribution in [0, 0.1) is 0 Å². The average molecular weight is 198 g/mol. The number of carbonyl (C=O) groups excluding carboxylic acids is 1. The quantitative estimate of drug-likeness (QED) is 0.753. The molecule has 2 rings (SSSR count). The predicted molar refractivity (Wildman–Crippen MR) is 58.9 cm³/mol. The zero-order chi connectivity index (χ0) is 10.7. The first-order valence-electron chi connectivity index (χ1n) is 4.65. The van der Waals surface area contributed by atoms with E-state index in [2.05, 4.69) is 0 Å². The molecule has 2 heteroatoms. The third-order valence-corrected chi connectivity index (χ3v) is 2.25. The van der Waals surface area contributed by atoms with E-state index in [4.69, 9.17) is 0 Å². The van der Waals surface area contributed by atoms with Crippen LogP contribution in [0.4, 0.5) is 0 Å². The fourth-order valence-electron chi connectivity index (χ4n) is 1.53. The van der Waals surface area contributed by atoms with Gasteiger partial charge in [-0.25, -0.2) is 0 Å². The second-order valence-corrected chi connectivity index (χ2v) is 3.26. The third kappa shape index (κ3) is 1.89. The van der Waals surface area contributed by atoms with E-state index in [9.17, 15) is 9.90 Å². The number of rotatable bonds is 2. The van der Waals surface area contributed by atoms with Crippen molar-refractivity contribution in [1.82, 2.24) is 0 Å². The average Bonchev–Trinajstić information content (AvgIpc) is 2.30. The molecule has 2 nitrogen and oxygen atoms in total. The Kier molecular flexibility index (Phi) is 2.50. The molecule has 0 aliphatic carbocycles. The van der Waals surface area contributed by atoms with E-state index in [1.54, 1.807) is 12.1 Å². The lowest BCUT2D eigenvalue weighted by Crippen LogP contribution is -1.86. The third-order valence-electron chi connectivity index (χ3n) is 2.25. The van der Waals surface area contributed by atoms with Crippen LogP contribution in [0.2, 0.25) is 0 Å². The second kappa shape index (κ2) is 3.96. The summed E-state index contributed by atoms with van der Waals surface area (Å²) in [5.41, 5.74) is 2.31. The molecule has 2 aromatic rings. The molecule has 0 radical (unpaired) electrons. The van der Waals surface area contributed by atoms with Crippen LogP contribution in [0.25, 0.3) is 11.1 Å². The highest BCUT2D eigenvalue weighted by molar-refractivity contribution is 5.88. The van der Waals surface area contributed by atoms with Gasteiger partial charge in [0.2, 0.25) is 0 Å². The molecule has 0 atom stereocenters. The summed E-state index contributed by atoms with van der Waals surface area (Å²) in [5, 5.41) is 9.26. The summed E-state index contributed by atoms with van der Waals surface area (Å²) in [6.45, 7) is 0. The van der Waals surface area contributed by atoms with E-state index in [1.165, 1.54) is 6.07 Å². The number of phenolic OH excluding ortho intramolecular Hbond substituents is 1. The van der Waals surface area contributed by atoms with Crippen LogP contribution in [-0.4, -0.2) is 11.4 Å². The van der Waals surface area contributed by atoms with Gasteiger partial charge in [-0.15, -0.1) is 0 Å². The first-order chi connectivity index (χ1) is 7.31. The van der Waals surface area contributed by atoms with E-state index < -0.39 is 0 Å². The number of hydrogen-bond donors (Lipinski definition) is 1. The molecule has 0 spiro atoms. The Labute approximate surface area is 87.8 Å². The molecule has 2 aromatic carbocycles. The van der Waals surface area contributed by atoms with Gasteiger partial charge in [0.25, 0.3) is 0 Å². The number of aldehydes is 1. The standard InChI is InChI=1S/C13H10O2/c14-9-11-8-12(15)6-7-13(11)10-4-2-1-3-5-10/h1-9,15H. The van der Waals surface area contributed by atoms with Crippen molar-refractivity contribution in [2.24, 2.45) is 0 Å². The molecule has 1 N–H and O–H groups in total. The predicted octanol–water partition coefficient (Wildman–Crippen LogP) is 2.87. The van der Waals surface area contributed by atoms with Crippen LogP contribution in [0.5, 0.6) is 5.75 Å². The Morgan fingerprint density at radius 3 is 2.40 bits per heavy atom. The monoisotopic (exact) mass is 198 g/mol. The molecule has 0 aromatic heterocycles. The normalized spacial score (nSPS) is 9.87. The van der Waals surface area contributed by atoms with Gasteiger partial charge >= 0.3 is 0 Å². The molecule has 0 aliphatic rings. The minimum atomic E-state index is 0.108. The van der Waals surface area contributed by atoms with Crippen molar-refractivity contribution in [3.8, 4) is 16.9 Å². The van der Waals surface area contributed by atoms with Crippen LogP contribution < -0.4 is 0 Å². The van der Waals surface area contributed by atoms with Gasteiger partial charge < -0.3 is 5.11 Å². The number of carbonyl (C=O) groups is 1. The summed E-state index contributed by atoms with van der Waals surface area (Å²) >= 11 is 0. The summed E-state index contributed by atoms with van der Waals surface area (Å²) in [6, 6.07) is 14.4. The van der Waals surface area contributed by atoms with Crippen LogP contribution in [0.3, 0.4) is 0 Å². The van der Waals surface area contributed by atoms with Gasteiger partial charge in [-0.3, -0.25) is 4.79 Å². The molecule has 0 saturated heterocycles. The second-order valence-electron chi connectivity index (χ2n) is 3.26. The molecule has 0 aliphatic heterocycles. The van der Waals surface area contributed by atoms with Crippen LogP contribution in [0.15, 0.2) is 48.5 Å². The molecule has 0 saturated carbocycles. The van der Waals surface area contributed by atoms with E-state index in [-0.39, 0.29) is 5.75 Å². The molecule has 0 fully saturated rings. The highest BCUT2D eigenvalue weighted by Gasteiger charge is 2.04. The van der Waals surface area contributed by atoms with Crippen molar-refractivity contribution in [2.45, 2.75) is 0 Å². The number of aromatic hydroxyl groups is 1. The minimum Gasteiger partial charge on any atom is -0.508 e. The first-order valence-corrected chi connectivity index (χ1v) is 4.65. The lowest BCUT2D eigenvalue weighted by Gasteiger charge is -2.04. The summed E-state index contributed by atoms with van der Waals surface area (Å²) in [6.07, 6.45) is 0.752. The first kappa shape index (κ1) is 9.46. The Morgan fingerprint density at radius 2 is 1.73 bits per heavy atom. The van der Waals surface area contributed by atoms with E-state index in [0.717, 1.165) is 17.4 Å². The van der Waals surface area contributed by atoms with Gasteiger partial charge in [0, 0.05) is 5.56 Å². The van der Waals surface area contributed by atoms with Crippen molar-refractivity contribution in [3.05, 3.63) is 54.1 Å². The maximum Gasteiger partial charge on any atom is 0.150 e. The van der Waals surface area contributed by atoms with Gasteiger partial charge in [-0.1, -0.05) is 30.3 Å². The van der Waals surface area contributed by atoms with Crippen molar-refractivity contribution >= 4 is 6.29 Å². The largest absolute Gasteiger partial charge is 0.508 e. The zero-order valence-electron chi connectivity index (χ0n) is 8.05. The van der Waals surface area contributed by atoms with Crippen molar-refractivity contribution in [3.63, 3.8) is 0 Å². The van der Waals surface area contributed by atoms with Crippen molar-refractivity contribution < 1.29 is 9.90 Å². The molecule has 0 amide bonds. The molecule has 0 unspecified atom stereocenters. The smallest absolute Gasteiger partial charge is 0.150 e. The van der Waals surface area contributed by atoms with Gasteiger partial charge in [0.15, 0.2) is 6.29 Å². The highest BCUT2D eigenvalue weighted by atomic mass is 16.3. The van der Waals surface area contributed by atoms with Gasteiger partial charge in [-0.2, -0.15) is 0 Å². The maximum atomic E-state index is 10.8. The van der Waals surface area contributed by atoms with E-state index in [0.29, 0.717) is 5.56 Å². The summed E-state index contributed by atoms with van der Waals surface area (Å²) < 4.78 is 0. The molecule has 0 bridgehead atoms. The Balaban J connectivity index is 2.58. The number of phenols is 1. The van der Waals surface area contributed by atoms with Gasteiger partial charge in [0.05, 0.1) is 0 Å². The molecular formula is C13H10O2. The van der Waals surface area contributed by atoms with E-state index >= 15 is 0 Å². The lowest BCUT2D eigenvalue weighted by atomic mass is 10.0. The highest BCUT2D eigenvalue weighted by Crippen LogP contribution is 2.25. The summed E-state index contributed by atoms with van der Waals surface area (Å²) in [4.78, 5) is 10.8. The van der Waals surface area contributed by atoms with Crippen molar-refractivity contribution in [1.29, 1.82) is 0 Å². The number of hydrogen-bond acceptors (Lipinski definition) is 2. The minimum absolute atomic E-state index is 0.108. The Bertz CT molecular complexity index is 475. The fourth-order valence-corrected chi connectivity index (χ4v) is 1.53. The molecular weight excluding hydrogens is 188 g/mol. The molecule has 0 heterocycles. The summed E-state index contributed by atoms with van der Waals surface area (Å²) in [5.74, 6) is 0.108. The van der Waals surface area contributed by atoms with Crippen LogP contribution >= 0.6 is 0 Å². The van der Waals surface area contributed by atoms with Crippen LogP contribution in [0.1, 0.15) is 10.4 Å². The van der Waals surface area contributed by atoms with Crippen LogP contribution in [-0.2, 0) is 0 Å². The van der Waals surface area contributed by atoms with E-state index in [1.807, 2.05) is 30.3 Å². The topological polar surface area (TPSA) is 37.3 Å². The Hall–Kier alpha value is -2.09. The lowest BCUT2D eigenvalue weighted by molar-refractivity contribution is 0.112. The SMILES string of the molecule is O=Cc1cc(O)ccc1-c1ccccc1. The zero-order valence-corrected chi connectivity index (χ0v) is 8.05. The number of benzene rings is 2. The fraction of sp³-hybridized carbons (Fsp3) is 0. The molecule has 74 valence electrons. The molecule has 15 heavy (non-hydrogen) atoms. The van der Waals surface area contributed by atoms with Gasteiger partial charge in [0.1, 0.15) is 5.75 Å².